The van der Waals surface area contributed by atoms with Crippen LogP contribution in [0.1, 0.15) is 44.5 Å². The van der Waals surface area contributed by atoms with Crippen molar-refractivity contribution in [2.24, 2.45) is 5.92 Å². The van der Waals surface area contributed by atoms with E-state index in [4.69, 9.17) is 9.15 Å². The zero-order chi connectivity index (χ0) is 14.2. The molecule has 2 aromatic rings. The van der Waals surface area contributed by atoms with Crippen LogP contribution in [0.5, 0.6) is 0 Å². The molecule has 3 unspecified atom stereocenters. The topological polar surface area (TPSA) is 42.6 Å². The first-order chi connectivity index (χ1) is 9.64. The van der Waals surface area contributed by atoms with Crippen LogP contribution in [0, 0.1) is 5.92 Å². The van der Waals surface area contributed by atoms with Gasteiger partial charge >= 0.3 is 0 Å². The Bertz CT molecular complexity index is 556. The lowest BCUT2D eigenvalue weighted by Gasteiger charge is -2.41. The van der Waals surface area contributed by atoms with Crippen LogP contribution in [0.25, 0.3) is 11.0 Å². The summed E-state index contributed by atoms with van der Waals surface area (Å²) in [4.78, 5) is 0. The van der Waals surface area contributed by atoms with Gasteiger partial charge in [-0.05, 0) is 30.9 Å². The average Bonchev–Trinajstić information content (AvgIpc) is 2.90. The predicted molar refractivity (Wildman–Crippen MR) is 78.5 cm³/mol. The van der Waals surface area contributed by atoms with Crippen molar-refractivity contribution in [3.05, 3.63) is 36.1 Å². The second kappa shape index (κ2) is 5.23. The summed E-state index contributed by atoms with van der Waals surface area (Å²) in [7, 11) is 1.70. The number of rotatable bonds is 3. The normalized spacial score (nSPS) is 28.6. The van der Waals surface area contributed by atoms with E-state index in [2.05, 4.69) is 6.92 Å². The molecule has 3 nitrogen and oxygen atoms in total. The number of hydrogen-bond donors (Lipinski definition) is 1. The number of aliphatic hydroxyl groups excluding tert-OH is 1. The molecule has 1 fully saturated rings. The number of methoxy groups -OCH3 is 1. The molecule has 1 heterocycles. The molecule has 0 bridgehead atoms. The Labute approximate surface area is 119 Å². The SMILES string of the molecule is COC1(C(O)c2cc3ccccc3o2)CCCC(C)C1. The summed E-state index contributed by atoms with van der Waals surface area (Å²) in [5.41, 5.74) is 0.308. The standard InChI is InChI=1S/C17H22O3/c1-12-6-5-9-17(11-12,19-2)16(18)15-10-13-7-3-4-8-14(13)20-15/h3-4,7-8,10,12,16,18H,5-6,9,11H2,1-2H3. The van der Waals surface area contributed by atoms with Crippen molar-refractivity contribution in [1.29, 1.82) is 0 Å². The molecule has 1 aromatic carbocycles. The largest absolute Gasteiger partial charge is 0.458 e. The van der Waals surface area contributed by atoms with Crippen molar-refractivity contribution in [1.82, 2.24) is 0 Å². The van der Waals surface area contributed by atoms with Gasteiger partial charge in [0.25, 0.3) is 0 Å². The number of hydrogen-bond acceptors (Lipinski definition) is 3. The van der Waals surface area contributed by atoms with Crippen molar-refractivity contribution < 1.29 is 14.3 Å². The quantitative estimate of drug-likeness (QED) is 0.917. The molecule has 0 amide bonds. The van der Waals surface area contributed by atoms with Crippen LogP contribution in [0.4, 0.5) is 0 Å². The van der Waals surface area contributed by atoms with Gasteiger partial charge in [-0.3, -0.25) is 0 Å². The molecule has 1 aliphatic rings. The van der Waals surface area contributed by atoms with Gasteiger partial charge in [-0.25, -0.2) is 0 Å². The molecule has 3 heteroatoms. The third-order valence-corrected chi connectivity index (χ3v) is 4.61. The molecule has 3 atom stereocenters. The Morgan fingerprint density at radius 2 is 2.20 bits per heavy atom. The van der Waals surface area contributed by atoms with Crippen molar-refractivity contribution in [3.8, 4) is 0 Å². The minimum absolute atomic E-state index is 0.508. The maximum Gasteiger partial charge on any atom is 0.140 e. The van der Waals surface area contributed by atoms with E-state index in [1.165, 1.54) is 6.42 Å². The fourth-order valence-corrected chi connectivity index (χ4v) is 3.49. The van der Waals surface area contributed by atoms with E-state index < -0.39 is 11.7 Å². The highest BCUT2D eigenvalue weighted by Crippen LogP contribution is 2.44. The molecule has 108 valence electrons. The van der Waals surface area contributed by atoms with E-state index in [9.17, 15) is 5.11 Å². The fraction of sp³-hybridized carbons (Fsp3) is 0.529. The molecule has 3 rings (SSSR count). The van der Waals surface area contributed by atoms with Crippen LogP contribution in [0.2, 0.25) is 0 Å². The summed E-state index contributed by atoms with van der Waals surface area (Å²) in [5.74, 6) is 1.19. The fourth-order valence-electron chi connectivity index (χ4n) is 3.49. The van der Waals surface area contributed by atoms with Gasteiger partial charge in [-0.2, -0.15) is 0 Å². The first-order valence-electron chi connectivity index (χ1n) is 7.36. The number of para-hydroxylation sites is 1. The lowest BCUT2D eigenvalue weighted by atomic mass is 9.75. The van der Waals surface area contributed by atoms with Gasteiger partial charge in [-0.1, -0.05) is 38.0 Å². The van der Waals surface area contributed by atoms with E-state index >= 15 is 0 Å². The summed E-state index contributed by atoms with van der Waals surface area (Å²) >= 11 is 0. The minimum Gasteiger partial charge on any atom is -0.458 e. The first kappa shape index (κ1) is 13.7. The minimum atomic E-state index is -0.706. The summed E-state index contributed by atoms with van der Waals surface area (Å²) in [6.45, 7) is 2.22. The van der Waals surface area contributed by atoms with Gasteiger partial charge in [-0.15, -0.1) is 0 Å². The van der Waals surface area contributed by atoms with Gasteiger partial charge in [0.05, 0.1) is 0 Å². The Kier molecular flexibility index (Phi) is 3.57. The average molecular weight is 274 g/mol. The van der Waals surface area contributed by atoms with Crippen molar-refractivity contribution in [3.63, 3.8) is 0 Å². The highest BCUT2D eigenvalue weighted by atomic mass is 16.5. The molecule has 1 aromatic heterocycles. The molecule has 1 N–H and O–H groups in total. The second-order valence-corrected chi connectivity index (χ2v) is 6.06. The first-order valence-corrected chi connectivity index (χ1v) is 7.36. The van der Waals surface area contributed by atoms with Crippen LogP contribution >= 0.6 is 0 Å². The second-order valence-electron chi connectivity index (χ2n) is 6.06. The van der Waals surface area contributed by atoms with Crippen molar-refractivity contribution in [2.75, 3.05) is 7.11 Å². The van der Waals surface area contributed by atoms with E-state index in [1.54, 1.807) is 7.11 Å². The van der Waals surface area contributed by atoms with E-state index in [0.717, 1.165) is 30.2 Å². The molecule has 20 heavy (non-hydrogen) atoms. The molecular formula is C17H22O3. The maximum atomic E-state index is 10.8. The Hall–Kier alpha value is -1.32. The number of aliphatic hydroxyl groups is 1. The smallest absolute Gasteiger partial charge is 0.140 e. The molecule has 0 radical (unpaired) electrons. The lowest BCUT2D eigenvalue weighted by Crippen LogP contribution is -2.42. The van der Waals surface area contributed by atoms with Crippen LogP contribution in [0.15, 0.2) is 34.7 Å². The molecule has 0 spiro atoms. The van der Waals surface area contributed by atoms with Gasteiger partial charge in [0.2, 0.25) is 0 Å². The van der Waals surface area contributed by atoms with Crippen LogP contribution < -0.4 is 0 Å². The van der Waals surface area contributed by atoms with E-state index in [-0.39, 0.29) is 0 Å². The molecular weight excluding hydrogens is 252 g/mol. The number of furan rings is 1. The Morgan fingerprint density at radius 1 is 1.40 bits per heavy atom. The maximum absolute atomic E-state index is 10.8. The Morgan fingerprint density at radius 3 is 2.90 bits per heavy atom. The monoisotopic (exact) mass is 274 g/mol. The van der Waals surface area contributed by atoms with Gasteiger partial charge in [0.15, 0.2) is 0 Å². The lowest BCUT2D eigenvalue weighted by molar-refractivity contribution is -0.139. The van der Waals surface area contributed by atoms with Crippen LogP contribution in [-0.4, -0.2) is 17.8 Å². The van der Waals surface area contributed by atoms with Gasteiger partial charge in [0.1, 0.15) is 23.0 Å². The van der Waals surface area contributed by atoms with Gasteiger partial charge in [0, 0.05) is 12.5 Å². The zero-order valence-electron chi connectivity index (χ0n) is 12.1. The predicted octanol–water partition coefficient (Wildman–Crippen LogP) is 4.06. The van der Waals surface area contributed by atoms with Gasteiger partial charge < -0.3 is 14.3 Å². The summed E-state index contributed by atoms with van der Waals surface area (Å²) in [6, 6.07) is 9.77. The van der Waals surface area contributed by atoms with Crippen LogP contribution in [-0.2, 0) is 4.74 Å². The van der Waals surface area contributed by atoms with E-state index in [1.807, 2.05) is 30.3 Å². The number of ether oxygens (including phenoxy) is 1. The summed E-state index contributed by atoms with van der Waals surface area (Å²) < 4.78 is 11.6. The molecule has 1 saturated carbocycles. The summed E-state index contributed by atoms with van der Waals surface area (Å²) in [5, 5.41) is 11.8. The Balaban J connectivity index is 1.94. The highest BCUT2D eigenvalue weighted by Gasteiger charge is 2.43. The molecule has 1 aliphatic carbocycles. The van der Waals surface area contributed by atoms with Crippen LogP contribution in [0.3, 0.4) is 0 Å². The highest BCUT2D eigenvalue weighted by molar-refractivity contribution is 5.77. The molecule has 0 saturated heterocycles. The third kappa shape index (κ3) is 2.25. The molecule has 0 aliphatic heterocycles. The van der Waals surface area contributed by atoms with Crippen molar-refractivity contribution >= 4 is 11.0 Å². The number of fused-ring (bicyclic) bond motifs is 1. The van der Waals surface area contributed by atoms with E-state index in [0.29, 0.717) is 11.7 Å². The third-order valence-electron chi connectivity index (χ3n) is 4.61. The van der Waals surface area contributed by atoms with Crippen molar-refractivity contribution in [2.45, 2.75) is 44.3 Å². The summed E-state index contributed by atoms with van der Waals surface area (Å²) in [6.07, 6.45) is 3.35. The number of benzene rings is 1. The zero-order valence-corrected chi connectivity index (χ0v) is 12.1.